The van der Waals surface area contributed by atoms with Crippen molar-refractivity contribution in [2.24, 2.45) is 0 Å². The Morgan fingerprint density at radius 3 is 0.788 bits per heavy atom. The van der Waals surface area contributed by atoms with Crippen molar-refractivity contribution in [3.63, 3.8) is 0 Å². The third-order valence-electron chi connectivity index (χ3n) is 8.00. The van der Waals surface area contributed by atoms with E-state index in [-0.39, 0.29) is 6.92 Å². The first-order chi connectivity index (χ1) is 28.0. The minimum atomic E-state index is -9.05. The number of hydrogen-bond donors (Lipinski definition) is 0. The van der Waals surface area contributed by atoms with E-state index in [2.05, 4.69) is 8.37 Å². The number of halogens is 34. The average molecular weight is 1110 g/mol. The van der Waals surface area contributed by atoms with Gasteiger partial charge in [-0.05, 0) is 13.3 Å². The number of alkyl halides is 34. The molecule has 0 fully saturated rings. The van der Waals surface area contributed by atoms with Crippen LogP contribution >= 0.6 is 0 Å². The zero-order chi connectivity index (χ0) is 54.2. The molecular weight excluding hydrogens is 1090 g/mol. The van der Waals surface area contributed by atoms with Gasteiger partial charge in [-0.25, -0.2) is 0 Å². The smallest absolute Gasteiger partial charge is 0.270 e. The topological polar surface area (TPSA) is 86.7 Å². The first-order valence-corrected chi connectivity index (χ1v) is 18.4. The Hall–Kier alpha value is -2.56. The molecule has 6 nitrogen and oxygen atoms in total. The molecule has 1 atom stereocenters. The van der Waals surface area contributed by atoms with Crippen molar-refractivity contribution in [3.05, 3.63) is 0 Å². The average Bonchev–Trinajstić information content (AvgIpc) is 3.07. The van der Waals surface area contributed by atoms with E-state index in [9.17, 15) is 166 Å². The molecule has 0 N–H and O–H groups in total. The van der Waals surface area contributed by atoms with Crippen LogP contribution < -0.4 is 0 Å². The Balaban J connectivity index is 6.06. The lowest BCUT2D eigenvalue weighted by atomic mass is 9.88. The van der Waals surface area contributed by atoms with E-state index in [1.807, 2.05) is 0 Å². The minimum absolute atomic E-state index is 0.231. The third-order valence-corrected chi connectivity index (χ3v) is 10.6. The first-order valence-electron chi connectivity index (χ1n) is 15.2. The van der Waals surface area contributed by atoms with Crippen molar-refractivity contribution in [2.75, 3.05) is 18.1 Å². The molecule has 0 saturated heterocycles. The molecule has 0 rings (SSSR count). The van der Waals surface area contributed by atoms with Gasteiger partial charge in [0.15, 0.2) is 0 Å². The van der Waals surface area contributed by atoms with E-state index in [0.717, 1.165) is 0 Å². The Kier molecular flexibility index (Phi) is 16.7. The van der Waals surface area contributed by atoms with Crippen molar-refractivity contribution < 1.29 is 174 Å². The molecule has 0 heterocycles. The van der Waals surface area contributed by atoms with Crippen LogP contribution in [0.1, 0.15) is 26.2 Å². The highest BCUT2D eigenvalue weighted by Gasteiger charge is 2.97. The zero-order valence-electron chi connectivity index (χ0n) is 29.9. The van der Waals surface area contributed by atoms with Crippen LogP contribution in [0.25, 0.3) is 0 Å². The summed E-state index contributed by atoms with van der Waals surface area (Å²) in [4.78, 5) is 0. The molecule has 0 spiro atoms. The normalized spacial score (nSPS) is 17.1. The Morgan fingerprint density at radius 2 is 0.545 bits per heavy atom. The predicted octanol–water partition coefficient (Wildman–Crippen LogP) is 11.3. The number of hydrogen-bond acceptors (Lipinski definition) is 6. The van der Waals surface area contributed by atoms with Crippen LogP contribution in [0.2, 0.25) is 0 Å². The van der Waals surface area contributed by atoms with E-state index in [1.54, 1.807) is 0 Å². The molecule has 0 aliphatic carbocycles. The molecule has 42 heteroatoms. The zero-order valence-corrected chi connectivity index (χ0v) is 31.6. The summed E-state index contributed by atoms with van der Waals surface area (Å²) in [7, 11) is -12.3. The summed E-state index contributed by atoms with van der Waals surface area (Å²) in [5.41, 5.74) is 0. The van der Waals surface area contributed by atoms with Gasteiger partial charge in [-0.3, -0.25) is 8.37 Å². The molecule has 0 saturated carbocycles. The molecule has 0 radical (unpaired) electrons. The highest BCUT2D eigenvalue weighted by atomic mass is 32.2. The van der Waals surface area contributed by atoms with E-state index < -0.39 is 159 Å². The molecular formula is C24H16F34O6S2. The summed E-state index contributed by atoms with van der Waals surface area (Å²) in [6.45, 7) is -1.67. The summed E-state index contributed by atoms with van der Waals surface area (Å²) in [6, 6.07) is 0. The lowest BCUT2D eigenvalue weighted by molar-refractivity contribution is -0.461. The Labute approximate surface area is 341 Å². The van der Waals surface area contributed by atoms with Gasteiger partial charge in [-0.2, -0.15) is 166 Å². The summed E-state index contributed by atoms with van der Waals surface area (Å²) >= 11 is 0. The highest BCUT2D eigenvalue weighted by molar-refractivity contribution is 7.87. The molecule has 0 aromatic carbocycles. The quantitative estimate of drug-likeness (QED) is 0.0707. The predicted molar refractivity (Wildman–Crippen MR) is 139 cm³/mol. The summed E-state index contributed by atoms with van der Waals surface area (Å²) in [5.74, 6) is -126. The van der Waals surface area contributed by atoms with Gasteiger partial charge < -0.3 is 0 Å². The minimum Gasteiger partial charge on any atom is -0.270 e. The van der Waals surface area contributed by atoms with Gasteiger partial charge in [-0.15, -0.1) is 0 Å². The van der Waals surface area contributed by atoms with E-state index in [4.69, 9.17) is 0 Å². The molecule has 398 valence electrons. The molecule has 0 aliphatic rings. The molecule has 0 aliphatic heterocycles. The van der Waals surface area contributed by atoms with E-state index in [0.29, 0.717) is 0 Å². The second kappa shape index (κ2) is 17.4. The lowest BCUT2D eigenvalue weighted by Gasteiger charge is -2.42. The summed E-state index contributed by atoms with van der Waals surface area (Å²) < 4.78 is 508. The van der Waals surface area contributed by atoms with Crippen LogP contribution in [0.4, 0.5) is 149 Å². The molecule has 0 aromatic heterocycles. The second-order valence-corrected chi connectivity index (χ2v) is 16.3. The molecule has 0 bridgehead atoms. The molecule has 66 heavy (non-hydrogen) atoms. The number of rotatable bonds is 24. The Morgan fingerprint density at radius 1 is 0.333 bits per heavy atom. The van der Waals surface area contributed by atoms with Crippen molar-refractivity contribution in [1.29, 1.82) is 0 Å². The monoisotopic (exact) mass is 1110 g/mol. The van der Waals surface area contributed by atoms with Gasteiger partial charge in [0.05, 0.1) is 24.2 Å². The fourth-order valence-electron chi connectivity index (χ4n) is 3.96. The van der Waals surface area contributed by atoms with Gasteiger partial charge >= 0.3 is 95.3 Å². The molecule has 0 aromatic rings. The SMILES string of the molecule is CC(CCOS(=O)(=O)CCC(F)(F)C(F)(F)C(F)(F)C(F)(F)C(F)(F)C(F)(F)C(F)(F)C(F)(F)F)OS(=O)(=O)CCC(F)(F)C(F)(F)C(F)(F)C(F)(F)C(F)(F)C(F)(F)C(F)(F)C(F)(F)F. The van der Waals surface area contributed by atoms with Crippen molar-refractivity contribution in [2.45, 2.75) is 128 Å². The summed E-state index contributed by atoms with van der Waals surface area (Å²) in [5, 5.41) is 0. The third kappa shape index (κ3) is 10.1. The van der Waals surface area contributed by atoms with Crippen LogP contribution in [-0.4, -0.2) is 136 Å². The van der Waals surface area contributed by atoms with Gasteiger partial charge in [0.2, 0.25) is 0 Å². The van der Waals surface area contributed by atoms with Crippen molar-refractivity contribution in [3.8, 4) is 0 Å². The summed E-state index contributed by atoms with van der Waals surface area (Å²) in [6.07, 6.45) is -27.4. The van der Waals surface area contributed by atoms with Crippen LogP contribution in [0.15, 0.2) is 0 Å². The van der Waals surface area contributed by atoms with Gasteiger partial charge in [0.25, 0.3) is 20.2 Å². The van der Waals surface area contributed by atoms with Crippen molar-refractivity contribution >= 4 is 20.2 Å². The van der Waals surface area contributed by atoms with Crippen molar-refractivity contribution in [1.82, 2.24) is 0 Å². The van der Waals surface area contributed by atoms with Crippen LogP contribution in [0, 0.1) is 0 Å². The highest BCUT2D eigenvalue weighted by Crippen LogP contribution is 2.66. The van der Waals surface area contributed by atoms with Crippen LogP contribution in [0.5, 0.6) is 0 Å². The first kappa shape index (κ1) is 63.4. The lowest BCUT2D eigenvalue weighted by Crippen LogP contribution is -2.74. The fourth-order valence-corrected chi connectivity index (χ4v) is 6.13. The van der Waals surface area contributed by atoms with Gasteiger partial charge in [0.1, 0.15) is 0 Å². The largest absolute Gasteiger partial charge is 0.460 e. The van der Waals surface area contributed by atoms with Gasteiger partial charge in [-0.1, -0.05) is 0 Å². The second-order valence-electron chi connectivity index (χ2n) is 12.8. The standard InChI is InChI=1S/C24H16F34O6S2/c1-8(64-66(61,62)7-4-10(27,28)12(31,32)14(35,36)16(39,40)18(43,44)20(47,48)22(51,52)24(56,57)58)2-5-63-65(59,60)6-3-9(25,26)11(29,30)13(33,34)15(37,38)17(41,42)19(45,46)21(49,50)23(53,54)55/h8H,2-7H2,1H3. The van der Waals surface area contributed by atoms with Gasteiger partial charge in [0, 0.05) is 12.8 Å². The maximum atomic E-state index is 14.0. The Bertz CT molecular complexity index is 1920. The maximum absolute atomic E-state index is 14.0. The van der Waals surface area contributed by atoms with Crippen LogP contribution in [-0.2, 0) is 28.6 Å². The molecule has 0 amide bonds. The van der Waals surface area contributed by atoms with E-state index >= 15 is 0 Å². The fraction of sp³-hybridized carbons (Fsp3) is 1.00. The van der Waals surface area contributed by atoms with Crippen LogP contribution in [0.3, 0.4) is 0 Å². The maximum Gasteiger partial charge on any atom is 0.460 e. The molecule has 1 unspecified atom stereocenters. The van der Waals surface area contributed by atoms with E-state index in [1.165, 1.54) is 0 Å².